The summed E-state index contributed by atoms with van der Waals surface area (Å²) in [4.78, 5) is 16.8. The monoisotopic (exact) mass is 446 g/mol. The lowest BCUT2D eigenvalue weighted by molar-refractivity contribution is 0.0708. The number of halogens is 2. The van der Waals surface area contributed by atoms with E-state index in [-0.39, 0.29) is 5.91 Å². The number of fused-ring (bicyclic) bond motifs is 2. The maximum atomic E-state index is 12.9. The van der Waals surface area contributed by atoms with Crippen molar-refractivity contribution in [2.75, 3.05) is 6.54 Å². The molecule has 0 saturated carbocycles. The van der Waals surface area contributed by atoms with Crippen LogP contribution in [0, 0.1) is 6.92 Å². The number of hydrogen-bond donors (Lipinski definition) is 0. The van der Waals surface area contributed by atoms with Crippen molar-refractivity contribution in [1.29, 1.82) is 0 Å². The van der Waals surface area contributed by atoms with Crippen LogP contribution < -0.4 is 0 Å². The molecule has 1 amide bonds. The molecule has 4 aromatic rings. The summed E-state index contributed by atoms with van der Waals surface area (Å²) in [5.74, 6) is 1.51. The molecule has 4 heterocycles. The highest BCUT2D eigenvalue weighted by molar-refractivity contribution is 7.21. The Morgan fingerprint density at radius 2 is 1.97 bits per heavy atom. The van der Waals surface area contributed by atoms with Crippen molar-refractivity contribution in [2.24, 2.45) is 7.05 Å². The molecule has 0 atom stereocenters. The van der Waals surface area contributed by atoms with Gasteiger partial charge in [-0.25, -0.2) is 0 Å². The van der Waals surface area contributed by atoms with Gasteiger partial charge >= 0.3 is 0 Å². The summed E-state index contributed by atoms with van der Waals surface area (Å²) in [7, 11) is 1.95. The molecule has 10 heteroatoms. The number of aryl methyl sites for hydroxylation is 2. The van der Waals surface area contributed by atoms with Gasteiger partial charge in [-0.2, -0.15) is 5.10 Å². The average molecular weight is 447 g/mol. The Hall–Kier alpha value is -2.42. The third kappa shape index (κ3) is 3.02. The van der Waals surface area contributed by atoms with Crippen molar-refractivity contribution in [3.63, 3.8) is 0 Å². The van der Waals surface area contributed by atoms with Gasteiger partial charge in [0.15, 0.2) is 11.6 Å². The van der Waals surface area contributed by atoms with Gasteiger partial charge in [-0.05, 0) is 31.2 Å². The highest BCUT2D eigenvalue weighted by atomic mass is 35.5. The summed E-state index contributed by atoms with van der Waals surface area (Å²) >= 11 is 13.7. The molecule has 0 N–H and O–H groups in total. The maximum absolute atomic E-state index is 12.9. The lowest BCUT2D eigenvalue weighted by Gasteiger charge is -2.28. The molecule has 1 aromatic carbocycles. The van der Waals surface area contributed by atoms with E-state index in [2.05, 4.69) is 25.9 Å². The Bertz CT molecular complexity index is 1240. The van der Waals surface area contributed by atoms with Gasteiger partial charge < -0.3 is 9.47 Å². The Morgan fingerprint density at radius 1 is 1.14 bits per heavy atom. The predicted octanol–water partition coefficient (Wildman–Crippen LogP) is 4.16. The number of carbonyl (C=O) groups is 1. The summed E-state index contributed by atoms with van der Waals surface area (Å²) in [6, 6.07) is 7.05. The first-order valence-corrected chi connectivity index (χ1v) is 10.6. The molecule has 1 aliphatic rings. The minimum absolute atomic E-state index is 0.0945. The van der Waals surface area contributed by atoms with Gasteiger partial charge in [0.05, 0.1) is 27.2 Å². The van der Waals surface area contributed by atoms with Crippen LogP contribution in [-0.4, -0.2) is 41.9 Å². The summed E-state index contributed by atoms with van der Waals surface area (Å²) in [5, 5.41) is 15.1. The van der Waals surface area contributed by atoms with Crippen LogP contribution in [0.15, 0.2) is 24.3 Å². The van der Waals surface area contributed by atoms with Crippen molar-refractivity contribution in [3.05, 3.63) is 51.4 Å². The number of thiophene rings is 1. The van der Waals surface area contributed by atoms with Crippen LogP contribution >= 0.6 is 34.5 Å². The molecule has 0 radical (unpaired) electrons. The van der Waals surface area contributed by atoms with E-state index in [1.165, 1.54) is 0 Å². The molecule has 0 unspecified atom stereocenters. The Labute approximate surface area is 180 Å². The second kappa shape index (κ2) is 6.83. The molecule has 3 aromatic heterocycles. The first-order chi connectivity index (χ1) is 13.9. The molecule has 148 valence electrons. The molecular weight excluding hydrogens is 431 g/mol. The first-order valence-electron chi connectivity index (χ1n) is 9.02. The summed E-state index contributed by atoms with van der Waals surface area (Å²) < 4.78 is 3.98. The van der Waals surface area contributed by atoms with E-state index in [1.54, 1.807) is 34.4 Å². The number of carbonyl (C=O) groups excluding carboxylic acids is 1. The van der Waals surface area contributed by atoms with E-state index >= 15 is 0 Å². The lowest BCUT2D eigenvalue weighted by Crippen LogP contribution is -2.38. The first kappa shape index (κ1) is 18.6. The van der Waals surface area contributed by atoms with Gasteiger partial charge in [0.25, 0.3) is 5.91 Å². The summed E-state index contributed by atoms with van der Waals surface area (Å²) in [6.45, 7) is 3.61. The molecule has 0 spiro atoms. The molecule has 0 bridgehead atoms. The second-order valence-electron chi connectivity index (χ2n) is 6.99. The predicted molar refractivity (Wildman–Crippen MR) is 114 cm³/mol. The Kier molecular flexibility index (Phi) is 4.38. The maximum Gasteiger partial charge on any atom is 0.254 e. The number of aromatic nitrogens is 5. The highest BCUT2D eigenvalue weighted by Crippen LogP contribution is 2.35. The van der Waals surface area contributed by atoms with Crippen LogP contribution in [0.1, 0.15) is 21.9 Å². The van der Waals surface area contributed by atoms with Gasteiger partial charge in [0.2, 0.25) is 0 Å². The second-order valence-corrected chi connectivity index (χ2v) is 8.83. The van der Waals surface area contributed by atoms with Crippen LogP contribution in [0.25, 0.3) is 20.9 Å². The van der Waals surface area contributed by atoms with E-state index in [1.807, 2.05) is 18.7 Å². The van der Waals surface area contributed by atoms with Crippen LogP contribution in [0.4, 0.5) is 0 Å². The minimum atomic E-state index is -0.0945. The zero-order valence-electron chi connectivity index (χ0n) is 15.7. The van der Waals surface area contributed by atoms with Gasteiger partial charge in [-0.1, -0.05) is 23.2 Å². The van der Waals surface area contributed by atoms with E-state index in [0.29, 0.717) is 35.2 Å². The molecule has 0 fully saturated rings. The number of nitrogens with zero attached hydrogens (tertiary/aromatic N) is 6. The lowest BCUT2D eigenvalue weighted by atomic mass is 10.2. The van der Waals surface area contributed by atoms with Gasteiger partial charge in [0, 0.05) is 31.1 Å². The normalized spacial score (nSPS) is 13.9. The van der Waals surface area contributed by atoms with Gasteiger partial charge in [-0.3, -0.25) is 9.48 Å². The number of benzene rings is 1. The zero-order valence-corrected chi connectivity index (χ0v) is 18.0. The third-order valence-corrected chi connectivity index (χ3v) is 7.06. The number of rotatable bonds is 2. The Morgan fingerprint density at radius 3 is 2.72 bits per heavy atom. The van der Waals surface area contributed by atoms with Crippen LogP contribution in [-0.2, 0) is 20.1 Å². The quantitative estimate of drug-likeness (QED) is 0.463. The van der Waals surface area contributed by atoms with Crippen molar-refractivity contribution in [1.82, 2.24) is 29.4 Å². The van der Waals surface area contributed by atoms with Crippen LogP contribution in [0.3, 0.4) is 0 Å². The van der Waals surface area contributed by atoms with E-state index in [0.717, 1.165) is 32.4 Å². The molecular formula is C19H16Cl2N6OS. The van der Waals surface area contributed by atoms with Gasteiger partial charge in [-0.15, -0.1) is 21.5 Å². The fraction of sp³-hybridized carbons (Fsp3) is 0.263. The van der Waals surface area contributed by atoms with E-state index in [4.69, 9.17) is 23.2 Å². The summed E-state index contributed by atoms with van der Waals surface area (Å²) in [5.41, 5.74) is 1.52. The zero-order chi connectivity index (χ0) is 20.3. The topological polar surface area (TPSA) is 68.8 Å². The van der Waals surface area contributed by atoms with Crippen molar-refractivity contribution in [3.8, 4) is 10.7 Å². The molecule has 7 nitrogen and oxygen atoms in total. The van der Waals surface area contributed by atoms with Crippen LogP contribution in [0.5, 0.6) is 0 Å². The minimum Gasteiger partial charge on any atom is -0.329 e. The average Bonchev–Trinajstić information content (AvgIpc) is 3.38. The Balaban J connectivity index is 1.43. The van der Waals surface area contributed by atoms with Crippen LogP contribution in [0.2, 0.25) is 10.0 Å². The molecule has 29 heavy (non-hydrogen) atoms. The SMILES string of the molecule is Cc1nn(C)c2sc(-c3nnc4n3CCN(C(=O)c3ccc(Cl)c(Cl)c3)C4)cc12. The fourth-order valence-corrected chi connectivity index (χ4v) is 5.06. The molecule has 1 aliphatic heterocycles. The van der Waals surface area contributed by atoms with Gasteiger partial charge in [0.1, 0.15) is 4.83 Å². The molecule has 0 saturated heterocycles. The largest absolute Gasteiger partial charge is 0.329 e. The third-order valence-electron chi connectivity index (χ3n) is 5.12. The van der Waals surface area contributed by atoms with Crippen molar-refractivity contribution in [2.45, 2.75) is 20.0 Å². The van der Waals surface area contributed by atoms with E-state index < -0.39 is 0 Å². The smallest absolute Gasteiger partial charge is 0.254 e. The summed E-state index contributed by atoms with van der Waals surface area (Å²) in [6.07, 6.45) is 0. The number of amides is 1. The van der Waals surface area contributed by atoms with E-state index in [9.17, 15) is 4.79 Å². The van der Waals surface area contributed by atoms with Crippen molar-refractivity contribution < 1.29 is 4.79 Å². The van der Waals surface area contributed by atoms with Crippen molar-refractivity contribution >= 4 is 50.7 Å². The molecule has 0 aliphatic carbocycles. The fourth-order valence-electron chi connectivity index (χ4n) is 3.64. The number of hydrogen-bond acceptors (Lipinski definition) is 5. The standard InChI is InChI=1S/C19H16Cl2N6OS/c1-10-12-8-15(29-19(12)25(2)24-10)17-23-22-16-9-26(5-6-27(16)17)18(28)11-3-4-13(20)14(21)7-11/h3-4,7-8H,5-6,9H2,1-2H3. The molecule has 5 rings (SSSR count). The highest BCUT2D eigenvalue weighted by Gasteiger charge is 2.27.